The second-order valence-corrected chi connectivity index (χ2v) is 8.74. The van der Waals surface area contributed by atoms with E-state index in [4.69, 9.17) is 9.47 Å². The van der Waals surface area contributed by atoms with Gasteiger partial charge in [0.25, 0.3) is 17.2 Å². The molecular weight excluding hydrogens is 446 g/mol. The van der Waals surface area contributed by atoms with Gasteiger partial charge in [0.1, 0.15) is 24.4 Å². The lowest BCUT2D eigenvalue weighted by atomic mass is 10.1. The van der Waals surface area contributed by atoms with E-state index in [1.807, 2.05) is 65.0 Å². The Balaban J connectivity index is 1.46. The van der Waals surface area contributed by atoms with Crippen molar-refractivity contribution in [1.82, 2.24) is 19.2 Å². The summed E-state index contributed by atoms with van der Waals surface area (Å²) >= 11 is 0. The number of anilines is 1. The smallest absolute Gasteiger partial charge is 0.274 e. The van der Waals surface area contributed by atoms with Crippen molar-refractivity contribution in [1.29, 1.82) is 0 Å². The Morgan fingerprint density at radius 1 is 1.06 bits per heavy atom. The van der Waals surface area contributed by atoms with Gasteiger partial charge in [-0.25, -0.2) is 4.98 Å². The Bertz CT molecular complexity index is 1440. The Hall–Kier alpha value is -4.14. The number of benzene rings is 2. The maximum Gasteiger partial charge on any atom is 0.274 e. The number of hydrogen-bond acceptors (Lipinski definition) is 6. The maximum atomic E-state index is 12.6. The highest BCUT2D eigenvalue weighted by atomic mass is 16.5. The van der Waals surface area contributed by atoms with Crippen LogP contribution in [0.2, 0.25) is 0 Å². The number of aromatic nitrogens is 4. The average Bonchev–Trinajstić information content (AvgIpc) is 3.25. The van der Waals surface area contributed by atoms with Crippen molar-refractivity contribution in [3.8, 4) is 11.5 Å². The molecule has 2 aromatic heterocycles. The molecule has 0 atom stereocenters. The van der Waals surface area contributed by atoms with Crippen LogP contribution in [0, 0.1) is 20.8 Å². The van der Waals surface area contributed by atoms with Gasteiger partial charge in [0.05, 0.1) is 11.4 Å². The molecule has 2 heterocycles. The van der Waals surface area contributed by atoms with Gasteiger partial charge in [-0.15, -0.1) is 0 Å². The molecule has 9 heteroatoms. The number of fused-ring (bicyclic) bond motifs is 1. The van der Waals surface area contributed by atoms with Crippen LogP contribution in [0.4, 0.5) is 5.69 Å². The second-order valence-electron chi connectivity index (χ2n) is 8.74. The summed E-state index contributed by atoms with van der Waals surface area (Å²) in [6.45, 7) is 9.72. The van der Waals surface area contributed by atoms with Gasteiger partial charge in [-0.1, -0.05) is 18.2 Å². The second kappa shape index (κ2) is 10.0. The molecule has 2 aromatic carbocycles. The van der Waals surface area contributed by atoms with E-state index in [-0.39, 0.29) is 30.7 Å². The lowest BCUT2D eigenvalue weighted by Crippen LogP contribution is -2.23. The van der Waals surface area contributed by atoms with Crippen LogP contribution in [-0.4, -0.2) is 31.7 Å². The number of amides is 1. The molecule has 0 aliphatic heterocycles. The number of aryl methyl sites for hydroxylation is 2. The molecule has 0 unspecified atom stereocenters. The first-order chi connectivity index (χ1) is 16.7. The monoisotopic (exact) mass is 475 g/mol. The molecule has 4 aromatic rings. The van der Waals surface area contributed by atoms with Gasteiger partial charge in [-0.05, 0) is 69.5 Å². The molecule has 0 fully saturated rings. The Morgan fingerprint density at radius 3 is 2.63 bits per heavy atom. The molecule has 0 spiro atoms. The minimum atomic E-state index is -0.309. The van der Waals surface area contributed by atoms with E-state index in [1.54, 1.807) is 17.1 Å². The minimum absolute atomic E-state index is 0.0472. The summed E-state index contributed by atoms with van der Waals surface area (Å²) in [5.41, 5.74) is 3.77. The van der Waals surface area contributed by atoms with Crippen molar-refractivity contribution in [2.75, 3.05) is 11.9 Å². The molecule has 0 aliphatic carbocycles. The molecule has 0 bridgehead atoms. The molecule has 1 amide bonds. The zero-order valence-corrected chi connectivity index (χ0v) is 20.5. The predicted octanol–water partition coefficient (Wildman–Crippen LogP) is 3.99. The summed E-state index contributed by atoms with van der Waals surface area (Å²) in [4.78, 5) is 33.9. The van der Waals surface area contributed by atoms with Crippen molar-refractivity contribution in [3.05, 3.63) is 81.5 Å². The fourth-order valence-electron chi connectivity index (χ4n) is 3.63. The van der Waals surface area contributed by atoms with E-state index in [1.165, 1.54) is 10.6 Å². The molecule has 182 valence electrons. The molecule has 9 nitrogen and oxygen atoms in total. The third-order valence-corrected chi connectivity index (χ3v) is 5.68. The fraction of sp³-hybridized carbons (Fsp3) is 0.308. The number of hydrogen-bond donors (Lipinski definition) is 1. The van der Waals surface area contributed by atoms with Crippen LogP contribution in [0.25, 0.3) is 5.78 Å². The number of nitrogens with zero attached hydrogens (tertiary/aromatic N) is 4. The van der Waals surface area contributed by atoms with E-state index in [2.05, 4.69) is 15.3 Å². The van der Waals surface area contributed by atoms with E-state index in [0.29, 0.717) is 28.7 Å². The van der Waals surface area contributed by atoms with Crippen molar-refractivity contribution < 1.29 is 14.3 Å². The van der Waals surface area contributed by atoms with E-state index in [0.717, 1.165) is 16.7 Å². The van der Waals surface area contributed by atoms with Crippen LogP contribution in [-0.2, 0) is 11.4 Å². The van der Waals surface area contributed by atoms with Crippen LogP contribution in [0.1, 0.15) is 42.3 Å². The van der Waals surface area contributed by atoms with Gasteiger partial charge < -0.3 is 14.8 Å². The van der Waals surface area contributed by atoms with Crippen LogP contribution in [0.5, 0.6) is 11.5 Å². The molecule has 35 heavy (non-hydrogen) atoms. The first kappa shape index (κ1) is 24.0. The summed E-state index contributed by atoms with van der Waals surface area (Å²) < 4.78 is 14.8. The van der Waals surface area contributed by atoms with Crippen molar-refractivity contribution >= 4 is 17.4 Å². The SMILES string of the molecule is Cc1ccc(NC(=O)COc2cccc(C)c2C)c(OCc2cc(=O)n3c(ncn3C(C)C)n2)c1. The van der Waals surface area contributed by atoms with Gasteiger partial charge in [0.15, 0.2) is 6.61 Å². The third-order valence-electron chi connectivity index (χ3n) is 5.68. The summed E-state index contributed by atoms with van der Waals surface area (Å²) in [5.74, 6) is 1.15. The number of ether oxygens (including phenoxy) is 2. The molecular formula is C26H29N5O4. The zero-order valence-electron chi connectivity index (χ0n) is 20.5. The predicted molar refractivity (Wildman–Crippen MR) is 133 cm³/mol. The molecule has 0 saturated heterocycles. The topological polar surface area (TPSA) is 99.7 Å². The number of carbonyl (C=O) groups excluding carboxylic acids is 1. The van der Waals surface area contributed by atoms with Crippen molar-refractivity contribution in [2.45, 2.75) is 47.3 Å². The molecule has 0 radical (unpaired) electrons. The van der Waals surface area contributed by atoms with Crippen LogP contribution in [0.3, 0.4) is 0 Å². The zero-order chi connectivity index (χ0) is 25.1. The summed E-state index contributed by atoms with van der Waals surface area (Å²) in [6, 6.07) is 12.7. The first-order valence-electron chi connectivity index (χ1n) is 11.4. The highest BCUT2D eigenvalue weighted by Gasteiger charge is 2.13. The minimum Gasteiger partial charge on any atom is -0.485 e. The molecule has 0 saturated carbocycles. The quantitative estimate of drug-likeness (QED) is 0.414. The summed E-state index contributed by atoms with van der Waals surface area (Å²) in [6.07, 6.45) is 1.59. The number of nitrogens with one attached hydrogen (secondary N) is 1. The summed E-state index contributed by atoms with van der Waals surface area (Å²) in [5, 5.41) is 2.84. The molecule has 1 N–H and O–H groups in total. The van der Waals surface area contributed by atoms with Gasteiger partial charge in [-0.2, -0.15) is 9.50 Å². The summed E-state index contributed by atoms with van der Waals surface area (Å²) in [7, 11) is 0. The fourth-order valence-corrected chi connectivity index (χ4v) is 3.63. The third kappa shape index (κ3) is 5.34. The number of rotatable bonds is 8. The lowest BCUT2D eigenvalue weighted by molar-refractivity contribution is -0.118. The molecule has 0 aliphatic rings. The standard InChI is InChI=1S/C26H29N5O4/c1-16(2)30-15-27-26-28-20(12-25(33)31(26)30)13-34-23-11-17(3)9-10-21(23)29-24(32)14-35-22-8-6-7-18(4)19(22)5/h6-12,15-16H,13-14H2,1-5H3,(H,29,32). The van der Waals surface area contributed by atoms with Crippen LogP contribution in [0.15, 0.2) is 53.6 Å². The Morgan fingerprint density at radius 2 is 1.86 bits per heavy atom. The highest BCUT2D eigenvalue weighted by molar-refractivity contribution is 5.93. The van der Waals surface area contributed by atoms with Gasteiger partial charge in [0.2, 0.25) is 0 Å². The lowest BCUT2D eigenvalue weighted by Gasteiger charge is -2.14. The maximum absolute atomic E-state index is 12.6. The largest absolute Gasteiger partial charge is 0.485 e. The normalized spacial score (nSPS) is 11.1. The first-order valence-corrected chi connectivity index (χ1v) is 11.4. The van der Waals surface area contributed by atoms with E-state index < -0.39 is 0 Å². The highest BCUT2D eigenvalue weighted by Crippen LogP contribution is 2.27. The van der Waals surface area contributed by atoms with Gasteiger partial charge in [0, 0.05) is 12.1 Å². The Labute approximate surface area is 203 Å². The van der Waals surface area contributed by atoms with Crippen LogP contribution < -0.4 is 20.3 Å². The molecule has 4 rings (SSSR count). The van der Waals surface area contributed by atoms with E-state index in [9.17, 15) is 9.59 Å². The van der Waals surface area contributed by atoms with Crippen molar-refractivity contribution in [3.63, 3.8) is 0 Å². The van der Waals surface area contributed by atoms with E-state index >= 15 is 0 Å². The Kier molecular flexibility index (Phi) is 6.86. The number of carbonyl (C=O) groups is 1. The van der Waals surface area contributed by atoms with Crippen molar-refractivity contribution in [2.24, 2.45) is 0 Å². The average molecular weight is 476 g/mol. The van der Waals surface area contributed by atoms with Crippen LogP contribution >= 0.6 is 0 Å². The van der Waals surface area contributed by atoms with Gasteiger partial charge >= 0.3 is 0 Å². The van der Waals surface area contributed by atoms with Gasteiger partial charge in [-0.3, -0.25) is 14.3 Å².